The molecule has 0 aliphatic carbocycles. The summed E-state index contributed by atoms with van der Waals surface area (Å²) < 4.78 is 14.3. The zero-order chi connectivity index (χ0) is 31.2. The molecule has 1 N–H and O–H groups in total. The van der Waals surface area contributed by atoms with Crippen molar-refractivity contribution in [1.29, 1.82) is 5.26 Å². The molecule has 44 heavy (non-hydrogen) atoms. The molecule has 0 aliphatic rings. The number of carbonyl (C=O) groups excluding carboxylic acids is 1. The second kappa shape index (κ2) is 13.4. The SMILES string of the molecule is COc1ccc(OC)c(-c2cc(-c3ccccc3)nc(SCCC(=O)Nc3c(C)n(C)n(-c4ccccc4)c3=O)c2C#N)c1. The summed E-state index contributed by atoms with van der Waals surface area (Å²) in [5.41, 5.74) is 4.54. The maximum absolute atomic E-state index is 13.2. The van der Waals surface area contributed by atoms with E-state index in [0.29, 0.717) is 56.0 Å². The largest absolute Gasteiger partial charge is 0.497 e. The van der Waals surface area contributed by atoms with E-state index in [4.69, 9.17) is 14.5 Å². The minimum atomic E-state index is -0.309. The molecule has 10 heteroatoms. The summed E-state index contributed by atoms with van der Waals surface area (Å²) in [7, 11) is 4.94. The Kier molecular flexibility index (Phi) is 9.17. The number of thioether (sulfide) groups is 1. The summed E-state index contributed by atoms with van der Waals surface area (Å²) in [4.78, 5) is 31.1. The van der Waals surface area contributed by atoms with Gasteiger partial charge in [-0.25, -0.2) is 9.67 Å². The van der Waals surface area contributed by atoms with Crippen LogP contribution in [0.15, 0.2) is 94.7 Å². The Morgan fingerprint density at radius 2 is 1.68 bits per heavy atom. The van der Waals surface area contributed by atoms with E-state index < -0.39 is 0 Å². The van der Waals surface area contributed by atoms with Gasteiger partial charge in [0, 0.05) is 35.9 Å². The normalized spacial score (nSPS) is 10.7. The van der Waals surface area contributed by atoms with Crippen LogP contribution in [0, 0.1) is 18.3 Å². The summed E-state index contributed by atoms with van der Waals surface area (Å²) >= 11 is 1.31. The van der Waals surface area contributed by atoms with Gasteiger partial charge >= 0.3 is 0 Å². The molecule has 0 bridgehead atoms. The van der Waals surface area contributed by atoms with Crippen molar-refractivity contribution in [1.82, 2.24) is 14.3 Å². The molecular formula is C34H31N5O4S. The number of carbonyl (C=O) groups is 1. The smallest absolute Gasteiger partial charge is 0.295 e. The average molecular weight is 606 g/mol. The summed E-state index contributed by atoms with van der Waals surface area (Å²) in [6.07, 6.45) is 0.101. The maximum Gasteiger partial charge on any atom is 0.295 e. The maximum atomic E-state index is 13.2. The number of anilines is 1. The zero-order valence-corrected chi connectivity index (χ0v) is 25.6. The zero-order valence-electron chi connectivity index (χ0n) is 24.8. The fourth-order valence-electron chi connectivity index (χ4n) is 4.88. The first kappa shape index (κ1) is 30.2. The molecule has 3 aromatic carbocycles. The number of pyridine rings is 1. The van der Waals surface area contributed by atoms with E-state index in [1.807, 2.05) is 72.8 Å². The number of methoxy groups -OCH3 is 2. The number of nitrogens with zero attached hydrogens (tertiary/aromatic N) is 4. The number of hydrogen-bond donors (Lipinski definition) is 1. The molecule has 0 fully saturated rings. The molecule has 0 saturated heterocycles. The topological polar surface area (TPSA) is 111 Å². The molecule has 1 amide bonds. The van der Waals surface area contributed by atoms with Gasteiger partial charge in [0.1, 0.15) is 28.3 Å². The third-order valence-electron chi connectivity index (χ3n) is 7.25. The lowest BCUT2D eigenvalue weighted by molar-refractivity contribution is -0.115. The van der Waals surface area contributed by atoms with E-state index in [0.717, 1.165) is 5.56 Å². The molecule has 0 unspecified atom stereocenters. The highest BCUT2D eigenvalue weighted by Gasteiger charge is 2.21. The lowest BCUT2D eigenvalue weighted by atomic mass is 9.98. The number of para-hydroxylation sites is 1. The Bertz CT molecular complexity index is 1910. The number of amides is 1. The van der Waals surface area contributed by atoms with Crippen molar-refractivity contribution in [3.63, 3.8) is 0 Å². The quantitative estimate of drug-likeness (QED) is 0.188. The van der Waals surface area contributed by atoms with Crippen LogP contribution in [0.25, 0.3) is 28.1 Å². The van der Waals surface area contributed by atoms with E-state index in [9.17, 15) is 14.9 Å². The molecule has 0 radical (unpaired) electrons. The van der Waals surface area contributed by atoms with Crippen molar-refractivity contribution in [2.75, 3.05) is 25.3 Å². The number of aromatic nitrogens is 3. The minimum absolute atomic E-state index is 0.101. The van der Waals surface area contributed by atoms with Gasteiger partial charge in [0.05, 0.1) is 36.9 Å². The third kappa shape index (κ3) is 6.09. The third-order valence-corrected chi connectivity index (χ3v) is 8.23. The molecule has 2 heterocycles. The number of nitriles is 1. The number of benzene rings is 3. The number of nitrogens with one attached hydrogen (secondary N) is 1. The predicted molar refractivity (Wildman–Crippen MR) is 173 cm³/mol. The van der Waals surface area contributed by atoms with Crippen LogP contribution in [-0.2, 0) is 11.8 Å². The molecule has 5 aromatic rings. The average Bonchev–Trinajstić information content (AvgIpc) is 3.27. The van der Waals surface area contributed by atoms with Crippen LogP contribution in [-0.4, -0.2) is 40.2 Å². The van der Waals surface area contributed by atoms with Crippen LogP contribution in [0.2, 0.25) is 0 Å². The van der Waals surface area contributed by atoms with Gasteiger partial charge in [0.2, 0.25) is 5.91 Å². The highest BCUT2D eigenvalue weighted by atomic mass is 32.2. The second-order valence-corrected chi connectivity index (χ2v) is 10.9. The molecule has 0 saturated carbocycles. The van der Waals surface area contributed by atoms with Gasteiger partial charge in [-0.15, -0.1) is 11.8 Å². The first-order valence-corrected chi connectivity index (χ1v) is 14.8. The summed E-state index contributed by atoms with van der Waals surface area (Å²) in [5.74, 6) is 1.23. The first-order valence-electron chi connectivity index (χ1n) is 13.9. The fraction of sp³-hybridized carbons (Fsp3) is 0.176. The van der Waals surface area contributed by atoms with Crippen LogP contribution in [0.1, 0.15) is 17.7 Å². The van der Waals surface area contributed by atoms with Gasteiger partial charge in [-0.2, -0.15) is 5.26 Å². The standard InChI is InChI=1S/C34H31N5O4S/c1-22-32(34(41)39(38(22)2)24-13-9-6-10-14-24)37-31(40)17-18-44-33-28(21-35)26(20-29(36-33)23-11-7-5-8-12-23)27-19-25(42-3)15-16-30(27)43-4/h5-16,19-20H,17-18H2,1-4H3,(H,37,40). The number of ether oxygens (including phenoxy) is 2. The Balaban J connectivity index is 1.43. The van der Waals surface area contributed by atoms with Crippen LogP contribution in [0.4, 0.5) is 5.69 Å². The molecule has 0 spiro atoms. The van der Waals surface area contributed by atoms with E-state index in [1.54, 1.807) is 45.0 Å². The Morgan fingerprint density at radius 3 is 2.34 bits per heavy atom. The van der Waals surface area contributed by atoms with E-state index in [2.05, 4.69) is 11.4 Å². The molecule has 0 atom stereocenters. The Morgan fingerprint density at radius 1 is 0.977 bits per heavy atom. The van der Waals surface area contributed by atoms with Gasteiger partial charge in [0.15, 0.2) is 0 Å². The monoisotopic (exact) mass is 605 g/mol. The molecular weight excluding hydrogens is 574 g/mol. The highest BCUT2D eigenvalue weighted by Crippen LogP contribution is 2.40. The molecule has 9 nitrogen and oxygen atoms in total. The van der Waals surface area contributed by atoms with E-state index in [-0.39, 0.29) is 23.6 Å². The van der Waals surface area contributed by atoms with Crippen molar-refractivity contribution in [2.24, 2.45) is 7.05 Å². The molecule has 2 aromatic heterocycles. The lowest BCUT2D eigenvalue weighted by Crippen LogP contribution is -2.23. The van der Waals surface area contributed by atoms with Crippen molar-refractivity contribution in [3.05, 3.63) is 107 Å². The molecule has 0 aliphatic heterocycles. The van der Waals surface area contributed by atoms with Crippen molar-refractivity contribution in [2.45, 2.75) is 18.4 Å². The van der Waals surface area contributed by atoms with Gasteiger partial charge in [-0.1, -0.05) is 48.5 Å². The summed E-state index contributed by atoms with van der Waals surface area (Å²) in [5, 5.41) is 13.6. The number of hydrogen-bond acceptors (Lipinski definition) is 7. The van der Waals surface area contributed by atoms with Crippen molar-refractivity contribution in [3.8, 4) is 45.6 Å². The minimum Gasteiger partial charge on any atom is -0.497 e. The predicted octanol–water partition coefficient (Wildman–Crippen LogP) is 6.22. The lowest BCUT2D eigenvalue weighted by Gasteiger charge is -2.15. The molecule has 222 valence electrons. The van der Waals surface area contributed by atoms with Crippen LogP contribution in [0.3, 0.4) is 0 Å². The van der Waals surface area contributed by atoms with Gasteiger partial charge in [0.25, 0.3) is 5.56 Å². The van der Waals surface area contributed by atoms with Gasteiger partial charge < -0.3 is 14.8 Å². The number of rotatable bonds is 10. The Hall–Kier alpha value is -5.27. The van der Waals surface area contributed by atoms with Crippen LogP contribution in [0.5, 0.6) is 11.5 Å². The second-order valence-electron chi connectivity index (χ2n) is 9.86. The Labute approximate surface area is 259 Å². The van der Waals surface area contributed by atoms with E-state index in [1.165, 1.54) is 16.4 Å². The van der Waals surface area contributed by atoms with Crippen molar-refractivity contribution < 1.29 is 14.3 Å². The fourth-order valence-corrected chi connectivity index (χ4v) is 5.83. The van der Waals surface area contributed by atoms with Crippen LogP contribution < -0.4 is 20.3 Å². The van der Waals surface area contributed by atoms with Crippen LogP contribution >= 0.6 is 11.8 Å². The highest BCUT2D eigenvalue weighted by molar-refractivity contribution is 7.99. The molecule has 5 rings (SSSR count). The van der Waals surface area contributed by atoms with Crippen molar-refractivity contribution >= 4 is 23.4 Å². The van der Waals surface area contributed by atoms with Gasteiger partial charge in [-0.3, -0.25) is 14.3 Å². The first-order chi connectivity index (χ1) is 21.4. The summed E-state index contributed by atoms with van der Waals surface area (Å²) in [6, 6.07) is 28.6. The van der Waals surface area contributed by atoms with Gasteiger partial charge in [-0.05, 0) is 43.3 Å². The summed E-state index contributed by atoms with van der Waals surface area (Å²) in [6.45, 7) is 1.79. The van der Waals surface area contributed by atoms with E-state index >= 15 is 0 Å².